The van der Waals surface area contributed by atoms with E-state index >= 15 is 0 Å². The number of carbonyl (C=O) groups excluding carboxylic acids is 1. The smallest absolute Gasteiger partial charge is 0.206 e. The predicted octanol–water partition coefficient (Wildman–Crippen LogP) is 2.08. The van der Waals surface area contributed by atoms with Crippen molar-refractivity contribution in [3.8, 4) is 0 Å². The van der Waals surface area contributed by atoms with Gasteiger partial charge in [-0.1, -0.05) is 18.2 Å². The van der Waals surface area contributed by atoms with Gasteiger partial charge in [-0.3, -0.25) is 4.79 Å². The lowest BCUT2D eigenvalue weighted by molar-refractivity contribution is 0.533. The number of hydrogen-bond acceptors (Lipinski definition) is 2. The fourth-order valence-corrected chi connectivity index (χ4v) is 1.20. The van der Waals surface area contributed by atoms with Crippen LogP contribution < -0.4 is 0 Å². The lowest BCUT2D eigenvalue weighted by Gasteiger charge is -1.83. The molecule has 1 heterocycles. The third-order valence-corrected chi connectivity index (χ3v) is 1.72. The minimum absolute atomic E-state index is 0.231. The highest BCUT2D eigenvalue weighted by Crippen LogP contribution is 2.18. The third kappa shape index (κ3) is 1.11. The summed E-state index contributed by atoms with van der Waals surface area (Å²) in [6.07, 6.45) is 2.03. The summed E-state index contributed by atoms with van der Waals surface area (Å²) in [4.78, 5) is 10.1. The third-order valence-electron chi connectivity index (χ3n) is 1.72. The summed E-state index contributed by atoms with van der Waals surface area (Å²) in [6, 6.07) is 9.53. The molecule has 1 aromatic carbocycles. The van der Waals surface area contributed by atoms with E-state index in [1.807, 2.05) is 30.3 Å². The van der Waals surface area contributed by atoms with Crippen molar-refractivity contribution in [3.63, 3.8) is 0 Å². The zero-order chi connectivity index (χ0) is 8.39. The Morgan fingerprint density at radius 2 is 2.17 bits per heavy atom. The van der Waals surface area contributed by atoms with Crippen molar-refractivity contribution >= 4 is 17.3 Å². The van der Waals surface area contributed by atoms with Gasteiger partial charge in [0.1, 0.15) is 11.3 Å². The minimum atomic E-state index is 0.231. The molecule has 0 saturated carbocycles. The minimum Gasteiger partial charge on any atom is -0.461 e. The standard InChI is InChI=1S/C10H7O2/c11-6-5-9-7-8-3-1-2-4-10(8)12-9/h1-4,7H,5H2. The lowest BCUT2D eigenvalue weighted by Crippen LogP contribution is -1.78. The first kappa shape index (κ1) is 7.10. The second-order valence-electron chi connectivity index (χ2n) is 2.57. The second-order valence-corrected chi connectivity index (χ2v) is 2.57. The highest BCUT2D eigenvalue weighted by Gasteiger charge is 2.01. The Kier molecular flexibility index (Phi) is 1.67. The Morgan fingerprint density at radius 3 is 2.92 bits per heavy atom. The van der Waals surface area contributed by atoms with Crippen LogP contribution in [0, 0.1) is 0 Å². The van der Waals surface area contributed by atoms with Crippen LogP contribution in [0.1, 0.15) is 5.76 Å². The van der Waals surface area contributed by atoms with Gasteiger partial charge < -0.3 is 4.42 Å². The van der Waals surface area contributed by atoms with E-state index in [0.717, 1.165) is 11.0 Å². The summed E-state index contributed by atoms with van der Waals surface area (Å²) in [5.74, 6) is 0.672. The number of benzene rings is 1. The average Bonchev–Trinajstić information content (AvgIpc) is 2.47. The largest absolute Gasteiger partial charge is 0.461 e. The number of hydrogen-bond donors (Lipinski definition) is 0. The molecule has 0 aliphatic rings. The van der Waals surface area contributed by atoms with E-state index in [9.17, 15) is 4.79 Å². The van der Waals surface area contributed by atoms with Crippen molar-refractivity contribution in [1.82, 2.24) is 0 Å². The highest BCUT2D eigenvalue weighted by atomic mass is 16.3. The van der Waals surface area contributed by atoms with Gasteiger partial charge >= 0.3 is 0 Å². The number of furan rings is 1. The zero-order valence-corrected chi connectivity index (χ0v) is 6.41. The van der Waals surface area contributed by atoms with Gasteiger partial charge in [0.2, 0.25) is 6.29 Å². The van der Waals surface area contributed by atoms with Crippen LogP contribution in [0.3, 0.4) is 0 Å². The highest BCUT2D eigenvalue weighted by molar-refractivity contribution is 5.78. The fraction of sp³-hybridized carbons (Fsp3) is 0.100. The molecule has 2 heteroatoms. The van der Waals surface area contributed by atoms with Crippen molar-refractivity contribution in [2.75, 3.05) is 0 Å². The van der Waals surface area contributed by atoms with E-state index in [0.29, 0.717) is 5.76 Å². The van der Waals surface area contributed by atoms with Crippen LogP contribution in [0.4, 0.5) is 0 Å². The molecule has 0 amide bonds. The molecule has 0 unspecified atom stereocenters. The van der Waals surface area contributed by atoms with Gasteiger partial charge in [-0.05, 0) is 12.1 Å². The lowest BCUT2D eigenvalue weighted by atomic mass is 10.2. The molecule has 0 bridgehead atoms. The van der Waals surface area contributed by atoms with Crippen LogP contribution in [0.25, 0.3) is 11.0 Å². The molecule has 2 aromatic rings. The van der Waals surface area contributed by atoms with Crippen LogP contribution >= 0.6 is 0 Å². The molecule has 0 fully saturated rings. The van der Waals surface area contributed by atoms with Crippen LogP contribution in [0.15, 0.2) is 34.7 Å². The van der Waals surface area contributed by atoms with Gasteiger partial charge in [0.15, 0.2) is 0 Å². The van der Waals surface area contributed by atoms with E-state index in [2.05, 4.69) is 0 Å². The van der Waals surface area contributed by atoms with Crippen molar-refractivity contribution in [3.05, 3.63) is 36.1 Å². The molecule has 0 aliphatic heterocycles. The van der Waals surface area contributed by atoms with Gasteiger partial charge in [-0.2, -0.15) is 0 Å². The first-order valence-corrected chi connectivity index (χ1v) is 3.72. The Morgan fingerprint density at radius 1 is 1.33 bits per heavy atom. The number of fused-ring (bicyclic) bond motifs is 1. The molecule has 0 saturated heterocycles. The van der Waals surface area contributed by atoms with Crippen LogP contribution in [-0.4, -0.2) is 6.29 Å². The molecule has 59 valence electrons. The Hall–Kier alpha value is -1.57. The van der Waals surface area contributed by atoms with E-state index in [1.54, 1.807) is 6.29 Å². The predicted molar refractivity (Wildman–Crippen MR) is 45.6 cm³/mol. The second kappa shape index (κ2) is 2.81. The molecule has 2 nitrogen and oxygen atoms in total. The van der Waals surface area contributed by atoms with Gasteiger partial charge in [0, 0.05) is 5.39 Å². The maximum Gasteiger partial charge on any atom is 0.206 e. The quantitative estimate of drug-likeness (QED) is 0.671. The zero-order valence-electron chi connectivity index (χ0n) is 6.41. The summed E-state index contributed by atoms with van der Waals surface area (Å²) in [6.45, 7) is 0. The summed E-state index contributed by atoms with van der Waals surface area (Å²) >= 11 is 0. The molecular formula is C10H7O2. The van der Waals surface area contributed by atoms with Gasteiger partial charge in [-0.15, -0.1) is 0 Å². The topological polar surface area (TPSA) is 30.2 Å². The first-order chi connectivity index (χ1) is 5.90. The van der Waals surface area contributed by atoms with Gasteiger partial charge in [0.25, 0.3) is 0 Å². The molecule has 0 N–H and O–H groups in total. The fourth-order valence-electron chi connectivity index (χ4n) is 1.20. The molecule has 1 aromatic heterocycles. The summed E-state index contributed by atoms with van der Waals surface area (Å²) in [5.41, 5.74) is 0.822. The number of para-hydroxylation sites is 1. The van der Waals surface area contributed by atoms with Crippen LogP contribution in [-0.2, 0) is 11.2 Å². The van der Waals surface area contributed by atoms with E-state index in [-0.39, 0.29) is 6.42 Å². The molecule has 12 heavy (non-hydrogen) atoms. The van der Waals surface area contributed by atoms with Crippen molar-refractivity contribution < 1.29 is 9.21 Å². The molecule has 0 aliphatic carbocycles. The average molecular weight is 159 g/mol. The molecule has 1 radical (unpaired) electrons. The first-order valence-electron chi connectivity index (χ1n) is 3.72. The molecule has 0 atom stereocenters. The monoisotopic (exact) mass is 159 g/mol. The normalized spacial score (nSPS) is 10.3. The van der Waals surface area contributed by atoms with E-state index < -0.39 is 0 Å². The van der Waals surface area contributed by atoms with E-state index in [1.165, 1.54) is 0 Å². The maximum atomic E-state index is 10.1. The molecule has 2 rings (SSSR count). The number of rotatable bonds is 2. The van der Waals surface area contributed by atoms with E-state index in [4.69, 9.17) is 4.42 Å². The summed E-state index contributed by atoms with van der Waals surface area (Å²) in [7, 11) is 0. The molecule has 0 spiro atoms. The van der Waals surface area contributed by atoms with Crippen molar-refractivity contribution in [2.45, 2.75) is 6.42 Å². The summed E-state index contributed by atoms with van der Waals surface area (Å²) in [5, 5.41) is 1.03. The van der Waals surface area contributed by atoms with Crippen LogP contribution in [0.2, 0.25) is 0 Å². The van der Waals surface area contributed by atoms with Crippen molar-refractivity contribution in [1.29, 1.82) is 0 Å². The summed E-state index contributed by atoms with van der Waals surface area (Å²) < 4.78 is 5.35. The SMILES string of the molecule is O=[C]Cc1cc2ccccc2o1. The molecular weight excluding hydrogens is 152 g/mol. The maximum absolute atomic E-state index is 10.1. The van der Waals surface area contributed by atoms with Crippen molar-refractivity contribution in [2.24, 2.45) is 0 Å². The van der Waals surface area contributed by atoms with Gasteiger partial charge in [-0.25, -0.2) is 0 Å². The Balaban J connectivity index is 2.54. The Labute approximate surface area is 69.8 Å². The van der Waals surface area contributed by atoms with Crippen LogP contribution in [0.5, 0.6) is 0 Å². The van der Waals surface area contributed by atoms with Gasteiger partial charge in [0.05, 0.1) is 6.42 Å². The Bertz CT molecular complexity index is 368.